The monoisotopic (exact) mass is 689 g/mol. The van der Waals surface area contributed by atoms with Crippen LogP contribution in [0.4, 0.5) is 30.8 Å². The van der Waals surface area contributed by atoms with Crippen molar-refractivity contribution in [1.29, 1.82) is 0 Å². The van der Waals surface area contributed by atoms with Crippen molar-refractivity contribution in [2.75, 3.05) is 55.8 Å². The summed E-state index contributed by atoms with van der Waals surface area (Å²) in [5, 5.41) is 7.02. The molecule has 1 saturated heterocycles. The number of halogens is 4. The summed E-state index contributed by atoms with van der Waals surface area (Å²) in [6.07, 6.45) is -0.886. The lowest BCUT2D eigenvalue weighted by Gasteiger charge is -2.34. The summed E-state index contributed by atoms with van der Waals surface area (Å²) in [6, 6.07) is 7.11. The highest BCUT2D eigenvalue weighted by Gasteiger charge is 2.49. The highest BCUT2D eigenvalue weighted by Crippen LogP contribution is 2.45. The number of rotatable bonds is 6. The van der Waals surface area contributed by atoms with Crippen LogP contribution in [-0.2, 0) is 26.8 Å². The number of aromatic nitrogens is 2. The van der Waals surface area contributed by atoms with Gasteiger partial charge in [-0.3, -0.25) is 4.79 Å². The van der Waals surface area contributed by atoms with Crippen molar-refractivity contribution in [3.05, 3.63) is 64.9 Å². The van der Waals surface area contributed by atoms with E-state index in [9.17, 15) is 26.8 Å². The number of likely N-dealkylation sites (N-methyl/N-ethyl adjacent to an activating group) is 1. The molecule has 45 heavy (non-hydrogen) atoms. The SMILES string of the molecule is CCOC(=O)n1nc2c(c1NC(=O)c1ccc(N3CCN(C)CC3)cc1N)CN(S(=O)(=O)c1cc(F)cc(F)c1)C2(C)C.Cl.Cl. The molecule has 246 valence electrons. The third-order valence-electron chi connectivity index (χ3n) is 7.73. The van der Waals surface area contributed by atoms with E-state index in [-0.39, 0.29) is 66.3 Å². The molecule has 0 bridgehead atoms. The first-order valence-electron chi connectivity index (χ1n) is 13.7. The minimum atomic E-state index is -4.45. The Balaban J connectivity index is 0.00000276. The Kier molecular flexibility index (Phi) is 10.8. The smallest absolute Gasteiger partial charge is 0.436 e. The van der Waals surface area contributed by atoms with Gasteiger partial charge in [-0.1, -0.05) is 0 Å². The normalized spacial score (nSPS) is 16.4. The summed E-state index contributed by atoms with van der Waals surface area (Å²) < 4.78 is 62.1. The van der Waals surface area contributed by atoms with Crippen molar-refractivity contribution in [1.82, 2.24) is 19.0 Å². The van der Waals surface area contributed by atoms with Crippen molar-refractivity contribution in [2.24, 2.45) is 0 Å². The maximum atomic E-state index is 14.0. The number of carbonyl (C=O) groups is 2. The summed E-state index contributed by atoms with van der Waals surface area (Å²) in [5.41, 5.74) is 6.52. The van der Waals surface area contributed by atoms with Crippen LogP contribution in [0.1, 0.15) is 42.4 Å². The van der Waals surface area contributed by atoms with E-state index in [1.54, 1.807) is 25.1 Å². The molecule has 17 heteroatoms. The summed E-state index contributed by atoms with van der Waals surface area (Å²) in [5.74, 6) is -2.85. The molecule has 2 aromatic carbocycles. The number of amides is 1. The molecule has 0 aliphatic carbocycles. The number of benzene rings is 2. The third-order valence-corrected chi connectivity index (χ3v) is 9.73. The molecule has 1 fully saturated rings. The van der Waals surface area contributed by atoms with Crippen LogP contribution < -0.4 is 16.0 Å². The van der Waals surface area contributed by atoms with Crippen molar-refractivity contribution in [3.8, 4) is 0 Å². The van der Waals surface area contributed by atoms with Crippen molar-refractivity contribution in [2.45, 2.75) is 37.8 Å². The Morgan fingerprint density at radius 2 is 1.67 bits per heavy atom. The molecule has 1 amide bonds. The lowest BCUT2D eigenvalue weighted by molar-refractivity contribution is 0.102. The standard InChI is InChI=1S/C28H33F2N7O5S.2ClH/c1-5-42-27(39)37-25(32-26(38)21-7-6-19(15-23(21)31)35-10-8-34(4)9-11-35)22-16-36(28(2,3)24(22)33-37)43(40,41)20-13-17(29)12-18(30)14-20;;/h6-7,12-15H,5,8-11,16,31H2,1-4H3,(H,32,38);2*1H. The fourth-order valence-electron chi connectivity index (χ4n) is 5.38. The van der Waals surface area contributed by atoms with E-state index in [1.807, 2.05) is 7.05 Å². The third kappa shape index (κ3) is 6.72. The molecule has 0 saturated carbocycles. The number of nitrogens with two attached hydrogens (primary N) is 1. The number of nitrogen functional groups attached to an aromatic ring is 1. The lowest BCUT2D eigenvalue weighted by atomic mass is 10.0. The van der Waals surface area contributed by atoms with E-state index >= 15 is 0 Å². The summed E-state index contributed by atoms with van der Waals surface area (Å²) in [4.78, 5) is 30.2. The fraction of sp³-hybridized carbons (Fsp3) is 0.393. The van der Waals surface area contributed by atoms with E-state index in [0.29, 0.717) is 6.07 Å². The van der Waals surface area contributed by atoms with Crippen LogP contribution in [0.25, 0.3) is 0 Å². The number of nitrogens with one attached hydrogen (secondary N) is 1. The van der Waals surface area contributed by atoms with Gasteiger partial charge in [0.1, 0.15) is 17.5 Å². The van der Waals surface area contributed by atoms with Gasteiger partial charge in [-0.2, -0.15) is 9.40 Å². The van der Waals surface area contributed by atoms with Crippen LogP contribution in [0.3, 0.4) is 0 Å². The minimum absolute atomic E-state index is 0. The fourth-order valence-corrected chi connectivity index (χ4v) is 7.14. The average molecular weight is 691 g/mol. The molecule has 0 atom stereocenters. The quantitative estimate of drug-likeness (QED) is 0.367. The predicted molar refractivity (Wildman–Crippen MR) is 170 cm³/mol. The topological polar surface area (TPSA) is 143 Å². The second-order valence-corrected chi connectivity index (χ2v) is 12.8. The number of fused-ring (bicyclic) bond motifs is 1. The molecule has 1 aromatic heterocycles. The predicted octanol–water partition coefficient (Wildman–Crippen LogP) is 4.04. The molecule has 2 aliphatic heterocycles. The van der Waals surface area contributed by atoms with E-state index in [0.717, 1.165) is 53.0 Å². The lowest BCUT2D eigenvalue weighted by Crippen LogP contribution is -2.44. The van der Waals surface area contributed by atoms with Gasteiger partial charge in [0.2, 0.25) is 10.0 Å². The number of nitrogens with zero attached hydrogens (tertiary/aromatic N) is 5. The van der Waals surface area contributed by atoms with Crippen LogP contribution in [0.15, 0.2) is 41.3 Å². The van der Waals surface area contributed by atoms with Crippen LogP contribution in [0, 0.1) is 11.6 Å². The Hall–Kier alpha value is -3.50. The molecule has 3 heterocycles. The van der Waals surface area contributed by atoms with Crippen molar-refractivity contribution < 1.29 is 31.5 Å². The maximum absolute atomic E-state index is 14.0. The molecule has 2 aliphatic rings. The molecule has 0 spiro atoms. The molecular formula is C28H35Cl2F2N7O5S. The van der Waals surface area contributed by atoms with Gasteiger partial charge in [0.15, 0.2) is 0 Å². The van der Waals surface area contributed by atoms with Gasteiger partial charge in [0, 0.05) is 55.7 Å². The number of sulfonamides is 1. The largest absolute Gasteiger partial charge is 0.448 e. The van der Waals surface area contributed by atoms with Crippen molar-refractivity contribution >= 4 is 64.0 Å². The Morgan fingerprint density at radius 3 is 2.24 bits per heavy atom. The van der Waals surface area contributed by atoms with Gasteiger partial charge in [-0.05, 0) is 58.2 Å². The average Bonchev–Trinajstić information content (AvgIpc) is 3.43. The second-order valence-electron chi connectivity index (χ2n) is 11.0. The van der Waals surface area contributed by atoms with Crippen molar-refractivity contribution in [3.63, 3.8) is 0 Å². The molecule has 3 aromatic rings. The van der Waals surface area contributed by atoms with E-state index in [4.69, 9.17) is 10.5 Å². The Morgan fingerprint density at radius 1 is 1.04 bits per heavy atom. The molecule has 12 nitrogen and oxygen atoms in total. The summed E-state index contributed by atoms with van der Waals surface area (Å²) in [7, 11) is -2.40. The summed E-state index contributed by atoms with van der Waals surface area (Å²) in [6.45, 7) is 7.75. The van der Waals surface area contributed by atoms with E-state index < -0.39 is 44.1 Å². The first kappa shape index (κ1) is 36.0. The first-order valence-corrected chi connectivity index (χ1v) is 15.1. The van der Waals surface area contributed by atoms with E-state index in [1.165, 1.54) is 13.8 Å². The van der Waals surface area contributed by atoms with E-state index in [2.05, 4.69) is 20.2 Å². The van der Waals surface area contributed by atoms with Gasteiger partial charge < -0.3 is 25.6 Å². The Bertz CT molecular complexity index is 1690. The highest BCUT2D eigenvalue weighted by molar-refractivity contribution is 7.89. The Labute approximate surface area is 272 Å². The first-order chi connectivity index (χ1) is 20.2. The minimum Gasteiger partial charge on any atom is -0.448 e. The van der Waals surface area contributed by atoms with Gasteiger partial charge in [-0.25, -0.2) is 22.0 Å². The number of piperazine rings is 1. The molecule has 0 unspecified atom stereocenters. The molecule has 5 rings (SSSR count). The number of carbonyl (C=O) groups excluding carboxylic acids is 2. The summed E-state index contributed by atoms with van der Waals surface area (Å²) >= 11 is 0. The zero-order chi connectivity index (χ0) is 31.3. The molecule has 0 radical (unpaired) electrons. The number of hydrogen-bond donors (Lipinski definition) is 2. The maximum Gasteiger partial charge on any atom is 0.436 e. The van der Waals surface area contributed by atoms with Crippen LogP contribution in [-0.4, -0.2) is 79.2 Å². The zero-order valence-corrected chi connectivity index (χ0v) is 27.5. The molecular weight excluding hydrogens is 655 g/mol. The van der Waals surface area contributed by atoms with Crippen LogP contribution in [0.5, 0.6) is 0 Å². The van der Waals surface area contributed by atoms with Gasteiger partial charge in [0.05, 0.1) is 28.3 Å². The van der Waals surface area contributed by atoms with Gasteiger partial charge in [0.25, 0.3) is 5.91 Å². The van der Waals surface area contributed by atoms with Crippen LogP contribution in [0.2, 0.25) is 0 Å². The number of hydrogen-bond acceptors (Lipinski definition) is 9. The number of anilines is 3. The highest BCUT2D eigenvalue weighted by atomic mass is 35.5. The van der Waals surface area contributed by atoms with Gasteiger partial charge >= 0.3 is 6.09 Å². The number of ether oxygens (including phenoxy) is 1. The van der Waals surface area contributed by atoms with Gasteiger partial charge in [-0.15, -0.1) is 29.5 Å². The van der Waals surface area contributed by atoms with Crippen LogP contribution >= 0.6 is 24.8 Å². The second kappa shape index (κ2) is 13.5. The molecule has 3 N–H and O–H groups in total. The zero-order valence-electron chi connectivity index (χ0n) is 25.0.